The largest absolute Gasteiger partial charge is 0.339 e. The van der Waals surface area contributed by atoms with E-state index in [0.717, 1.165) is 0 Å². The minimum atomic E-state index is -0.178. The molecule has 0 saturated carbocycles. The molecule has 0 aliphatic carbocycles. The molecule has 0 atom stereocenters. The van der Waals surface area contributed by atoms with Gasteiger partial charge in [-0.25, -0.2) is 0 Å². The average Bonchev–Trinajstić information content (AvgIpc) is 2.93. The number of benzene rings is 1. The van der Waals surface area contributed by atoms with Crippen LogP contribution in [0.4, 0.5) is 0 Å². The zero-order valence-corrected chi connectivity index (χ0v) is 14.3. The standard InChI is InChI=1S/C17H18ClN3O3/c1-11(22)19-5-7-20(8-6-19)17(24)15-10-21(12(2)23)16-9-13(18)3-4-14(15)16/h3-4,9-10H,5-8H2,1-2H3. The molecule has 0 spiro atoms. The topological polar surface area (TPSA) is 62.6 Å². The second kappa shape index (κ2) is 6.28. The Morgan fingerprint density at radius 3 is 2.17 bits per heavy atom. The van der Waals surface area contributed by atoms with Crippen molar-refractivity contribution in [3.63, 3.8) is 0 Å². The highest BCUT2D eigenvalue weighted by Gasteiger charge is 2.26. The molecule has 126 valence electrons. The van der Waals surface area contributed by atoms with Crippen LogP contribution in [-0.2, 0) is 4.79 Å². The molecule has 1 aliphatic heterocycles. The molecule has 1 aromatic heterocycles. The van der Waals surface area contributed by atoms with E-state index in [1.165, 1.54) is 18.4 Å². The minimum Gasteiger partial charge on any atom is -0.339 e. The molecule has 0 bridgehead atoms. The van der Waals surface area contributed by atoms with Crippen LogP contribution in [0, 0.1) is 0 Å². The van der Waals surface area contributed by atoms with Gasteiger partial charge in [0, 0.05) is 56.6 Å². The van der Waals surface area contributed by atoms with Crippen LogP contribution in [0.2, 0.25) is 5.02 Å². The number of rotatable bonds is 1. The summed E-state index contributed by atoms with van der Waals surface area (Å²) in [5.74, 6) is -0.293. The Bertz CT molecular complexity index is 835. The van der Waals surface area contributed by atoms with Gasteiger partial charge < -0.3 is 9.80 Å². The molecule has 1 fully saturated rings. The zero-order chi connectivity index (χ0) is 17.4. The van der Waals surface area contributed by atoms with Crippen LogP contribution in [0.5, 0.6) is 0 Å². The number of fused-ring (bicyclic) bond motifs is 1. The fourth-order valence-electron chi connectivity index (χ4n) is 3.03. The number of hydrogen-bond donors (Lipinski definition) is 0. The van der Waals surface area contributed by atoms with Crippen molar-refractivity contribution in [3.05, 3.63) is 35.0 Å². The van der Waals surface area contributed by atoms with Crippen LogP contribution < -0.4 is 0 Å². The van der Waals surface area contributed by atoms with Crippen molar-refractivity contribution >= 4 is 40.2 Å². The quantitative estimate of drug-likeness (QED) is 0.795. The van der Waals surface area contributed by atoms with Gasteiger partial charge in [0.2, 0.25) is 11.8 Å². The van der Waals surface area contributed by atoms with Crippen LogP contribution in [0.1, 0.15) is 29.0 Å². The molecule has 7 heteroatoms. The fraction of sp³-hybridized carbons (Fsp3) is 0.353. The first-order valence-electron chi connectivity index (χ1n) is 7.75. The monoisotopic (exact) mass is 347 g/mol. The third kappa shape index (κ3) is 2.89. The van der Waals surface area contributed by atoms with Crippen molar-refractivity contribution in [1.82, 2.24) is 14.4 Å². The number of amides is 2. The lowest BCUT2D eigenvalue weighted by atomic mass is 10.1. The lowest BCUT2D eigenvalue weighted by molar-refractivity contribution is -0.130. The van der Waals surface area contributed by atoms with E-state index in [2.05, 4.69) is 0 Å². The lowest BCUT2D eigenvalue weighted by Gasteiger charge is -2.34. The Hall–Kier alpha value is -2.34. The number of aromatic nitrogens is 1. The summed E-state index contributed by atoms with van der Waals surface area (Å²) in [7, 11) is 0. The van der Waals surface area contributed by atoms with Crippen molar-refractivity contribution in [3.8, 4) is 0 Å². The van der Waals surface area contributed by atoms with Crippen LogP contribution in [0.15, 0.2) is 24.4 Å². The van der Waals surface area contributed by atoms with E-state index in [-0.39, 0.29) is 17.7 Å². The number of carbonyl (C=O) groups is 3. The highest BCUT2D eigenvalue weighted by atomic mass is 35.5. The van der Waals surface area contributed by atoms with Gasteiger partial charge in [-0.15, -0.1) is 0 Å². The van der Waals surface area contributed by atoms with Crippen molar-refractivity contribution in [1.29, 1.82) is 0 Å². The maximum Gasteiger partial charge on any atom is 0.256 e. The van der Waals surface area contributed by atoms with Crippen LogP contribution in [-0.4, -0.2) is 58.3 Å². The summed E-state index contributed by atoms with van der Waals surface area (Å²) >= 11 is 6.02. The fourth-order valence-corrected chi connectivity index (χ4v) is 3.19. The van der Waals surface area contributed by atoms with Gasteiger partial charge in [0.1, 0.15) is 0 Å². The Balaban J connectivity index is 1.93. The predicted molar refractivity (Wildman–Crippen MR) is 91.4 cm³/mol. The van der Waals surface area contributed by atoms with Crippen LogP contribution >= 0.6 is 11.6 Å². The first-order valence-corrected chi connectivity index (χ1v) is 8.12. The minimum absolute atomic E-state index is 0.0184. The Morgan fingerprint density at radius 1 is 0.958 bits per heavy atom. The molecule has 0 unspecified atom stereocenters. The van der Waals surface area contributed by atoms with E-state index in [1.54, 1.807) is 34.2 Å². The molecule has 0 N–H and O–H groups in total. The Morgan fingerprint density at radius 2 is 1.58 bits per heavy atom. The summed E-state index contributed by atoms with van der Waals surface area (Å²) in [4.78, 5) is 39.6. The SMILES string of the molecule is CC(=O)N1CCN(C(=O)c2cn(C(C)=O)c3cc(Cl)ccc23)CC1. The summed E-state index contributed by atoms with van der Waals surface area (Å²) in [6.45, 7) is 5.00. The molecule has 2 amide bonds. The van der Waals surface area contributed by atoms with Gasteiger partial charge >= 0.3 is 0 Å². The molecular formula is C17H18ClN3O3. The molecule has 0 radical (unpaired) electrons. The molecule has 1 aliphatic rings. The maximum atomic E-state index is 12.9. The summed E-state index contributed by atoms with van der Waals surface area (Å²) in [6.07, 6.45) is 1.57. The second-order valence-corrected chi connectivity index (χ2v) is 6.33. The third-order valence-electron chi connectivity index (χ3n) is 4.35. The van der Waals surface area contributed by atoms with Crippen LogP contribution in [0.25, 0.3) is 10.9 Å². The van der Waals surface area contributed by atoms with E-state index in [4.69, 9.17) is 11.6 Å². The normalized spacial score (nSPS) is 15.0. The van der Waals surface area contributed by atoms with Crippen molar-refractivity contribution < 1.29 is 14.4 Å². The van der Waals surface area contributed by atoms with E-state index < -0.39 is 0 Å². The summed E-state index contributed by atoms with van der Waals surface area (Å²) in [5, 5.41) is 1.21. The van der Waals surface area contributed by atoms with E-state index in [9.17, 15) is 14.4 Å². The number of nitrogens with zero attached hydrogens (tertiary/aromatic N) is 3. The highest BCUT2D eigenvalue weighted by Crippen LogP contribution is 2.26. The van der Waals surface area contributed by atoms with Crippen molar-refractivity contribution in [2.24, 2.45) is 0 Å². The predicted octanol–water partition coefficient (Wildman–Crippen LogP) is 2.26. The van der Waals surface area contributed by atoms with Gasteiger partial charge in [-0.1, -0.05) is 17.7 Å². The van der Waals surface area contributed by atoms with Gasteiger partial charge in [0.25, 0.3) is 5.91 Å². The summed E-state index contributed by atoms with van der Waals surface area (Å²) in [5.41, 5.74) is 1.11. The van der Waals surface area contributed by atoms with Crippen molar-refractivity contribution in [2.45, 2.75) is 13.8 Å². The second-order valence-electron chi connectivity index (χ2n) is 5.89. The maximum absolute atomic E-state index is 12.9. The van der Waals surface area contributed by atoms with Gasteiger partial charge in [0.05, 0.1) is 11.1 Å². The highest BCUT2D eigenvalue weighted by molar-refractivity contribution is 6.31. The molecule has 3 rings (SSSR count). The molecule has 6 nitrogen and oxygen atoms in total. The molecule has 1 aromatic carbocycles. The number of carbonyl (C=O) groups excluding carboxylic acids is 3. The van der Waals surface area contributed by atoms with E-state index in [1.807, 2.05) is 0 Å². The third-order valence-corrected chi connectivity index (χ3v) is 4.58. The van der Waals surface area contributed by atoms with Gasteiger partial charge in [-0.3, -0.25) is 19.0 Å². The molecule has 2 aromatic rings. The average molecular weight is 348 g/mol. The van der Waals surface area contributed by atoms with Gasteiger partial charge in [-0.05, 0) is 12.1 Å². The van der Waals surface area contributed by atoms with Gasteiger partial charge in [-0.2, -0.15) is 0 Å². The van der Waals surface area contributed by atoms with E-state index in [0.29, 0.717) is 47.7 Å². The summed E-state index contributed by atoms with van der Waals surface area (Å²) in [6, 6.07) is 5.15. The smallest absolute Gasteiger partial charge is 0.256 e. The number of piperazine rings is 1. The first kappa shape index (κ1) is 16.5. The molecule has 2 heterocycles. The molecule has 1 saturated heterocycles. The zero-order valence-electron chi connectivity index (χ0n) is 13.6. The molecule has 24 heavy (non-hydrogen) atoms. The first-order chi connectivity index (χ1) is 11.4. The van der Waals surface area contributed by atoms with Crippen molar-refractivity contribution in [2.75, 3.05) is 26.2 Å². The number of hydrogen-bond acceptors (Lipinski definition) is 3. The summed E-state index contributed by atoms with van der Waals surface area (Å²) < 4.78 is 1.44. The Kier molecular flexibility index (Phi) is 4.32. The van der Waals surface area contributed by atoms with Crippen LogP contribution in [0.3, 0.4) is 0 Å². The number of halogens is 1. The molecular weight excluding hydrogens is 330 g/mol. The van der Waals surface area contributed by atoms with E-state index >= 15 is 0 Å². The van der Waals surface area contributed by atoms with Gasteiger partial charge in [0.15, 0.2) is 0 Å². The Labute approximate surface area is 144 Å². The lowest BCUT2D eigenvalue weighted by Crippen LogP contribution is -2.50.